The summed E-state index contributed by atoms with van der Waals surface area (Å²) in [7, 11) is 0. The molecule has 0 heterocycles. The Balaban J connectivity index is 1.96. The minimum atomic E-state index is -1.20. The molecule has 0 aliphatic carbocycles. The van der Waals surface area contributed by atoms with E-state index in [2.05, 4.69) is 100 Å². The molecular weight excluding hydrogens is 356 g/mol. The Morgan fingerprint density at radius 3 is 1.55 bits per heavy atom. The van der Waals surface area contributed by atoms with Crippen LogP contribution in [-0.2, 0) is 23.7 Å². The Bertz CT molecular complexity index is 804. The first-order valence-corrected chi connectivity index (χ1v) is 10.6. The summed E-state index contributed by atoms with van der Waals surface area (Å²) in [5.41, 5.74) is 4.00. The Morgan fingerprint density at radius 2 is 1.14 bits per heavy atom. The lowest BCUT2D eigenvalue weighted by atomic mass is 9.86. The molecule has 1 N–H and O–H groups in total. The van der Waals surface area contributed by atoms with Crippen LogP contribution in [0.5, 0.6) is 0 Å². The smallest absolute Gasteiger partial charge is 0.177 e. The van der Waals surface area contributed by atoms with Gasteiger partial charge in [-0.3, -0.25) is 0 Å². The van der Waals surface area contributed by atoms with Crippen LogP contribution in [-0.4, -0.2) is 16.9 Å². The molecule has 0 saturated heterocycles. The topological polar surface area (TPSA) is 45.0 Å². The average Bonchev–Trinajstić information content (AvgIpc) is 2.59. The predicted octanol–water partition coefficient (Wildman–Crippen LogP) is 6.62. The molecule has 29 heavy (non-hydrogen) atoms. The maximum Gasteiger partial charge on any atom is 0.177 e. The molecule has 0 spiro atoms. The number of nitrogens with zero attached hydrogens (tertiary/aromatic N) is 2. The number of benzene rings is 2. The van der Waals surface area contributed by atoms with Gasteiger partial charge >= 0.3 is 0 Å². The number of aliphatic hydroxyl groups is 1. The summed E-state index contributed by atoms with van der Waals surface area (Å²) in [5.74, 6) is 0. The van der Waals surface area contributed by atoms with E-state index in [1.165, 1.54) is 16.7 Å². The van der Waals surface area contributed by atoms with Crippen LogP contribution < -0.4 is 0 Å². The molecule has 3 heteroatoms. The standard InChI is InChI=1S/C26H38N2O/c1-19(17-20-9-13-22(14-10-20)24(2,3)4)27-28-26(8,29)18-21-11-15-23(16-12-21)25(5,6)7/h9-16,19,29H,17-18H2,1-8H3/b28-27+. The predicted molar refractivity (Wildman–Crippen MR) is 123 cm³/mol. The molecule has 0 fully saturated rings. The minimum absolute atomic E-state index is 0.0187. The number of hydrogen-bond acceptors (Lipinski definition) is 3. The van der Waals surface area contributed by atoms with Crippen molar-refractivity contribution in [3.8, 4) is 0 Å². The molecule has 2 rings (SSSR count). The normalized spacial score (nSPS) is 16.0. The molecule has 0 bridgehead atoms. The fourth-order valence-electron chi connectivity index (χ4n) is 3.29. The lowest BCUT2D eigenvalue weighted by Gasteiger charge is -2.21. The lowest BCUT2D eigenvalue weighted by molar-refractivity contribution is 0.0604. The van der Waals surface area contributed by atoms with E-state index in [-0.39, 0.29) is 16.9 Å². The van der Waals surface area contributed by atoms with E-state index < -0.39 is 5.72 Å². The molecule has 3 nitrogen and oxygen atoms in total. The summed E-state index contributed by atoms with van der Waals surface area (Å²) in [6, 6.07) is 17.1. The first-order valence-electron chi connectivity index (χ1n) is 10.6. The minimum Gasteiger partial charge on any atom is -0.368 e. The van der Waals surface area contributed by atoms with Crippen LogP contribution in [0.1, 0.15) is 77.6 Å². The third kappa shape index (κ3) is 7.40. The molecule has 2 atom stereocenters. The van der Waals surface area contributed by atoms with Gasteiger partial charge in [-0.25, -0.2) is 0 Å². The largest absolute Gasteiger partial charge is 0.368 e. The summed E-state index contributed by atoms with van der Waals surface area (Å²) in [5, 5.41) is 19.3. The number of azo groups is 1. The van der Waals surface area contributed by atoms with E-state index in [0.717, 1.165) is 12.0 Å². The van der Waals surface area contributed by atoms with Crippen molar-refractivity contribution in [3.05, 3.63) is 70.8 Å². The molecule has 0 aliphatic heterocycles. The summed E-state index contributed by atoms with van der Waals surface area (Å²) >= 11 is 0. The van der Waals surface area contributed by atoms with Gasteiger partial charge in [0.25, 0.3) is 0 Å². The maximum atomic E-state index is 10.7. The van der Waals surface area contributed by atoms with Crippen molar-refractivity contribution in [2.24, 2.45) is 10.2 Å². The van der Waals surface area contributed by atoms with Crippen molar-refractivity contribution in [1.29, 1.82) is 0 Å². The van der Waals surface area contributed by atoms with Gasteiger partial charge in [-0.1, -0.05) is 90.1 Å². The van der Waals surface area contributed by atoms with E-state index >= 15 is 0 Å². The van der Waals surface area contributed by atoms with Crippen molar-refractivity contribution in [2.75, 3.05) is 0 Å². The quantitative estimate of drug-likeness (QED) is 0.550. The second-order valence-electron chi connectivity index (χ2n) is 10.6. The van der Waals surface area contributed by atoms with Crippen molar-refractivity contribution in [1.82, 2.24) is 0 Å². The van der Waals surface area contributed by atoms with Gasteiger partial charge in [-0.05, 0) is 53.4 Å². The van der Waals surface area contributed by atoms with Crippen molar-refractivity contribution in [2.45, 2.75) is 90.8 Å². The summed E-state index contributed by atoms with van der Waals surface area (Å²) in [6.07, 6.45) is 1.26. The Labute approximate surface area is 177 Å². The fraction of sp³-hybridized carbons (Fsp3) is 0.538. The molecule has 0 amide bonds. The van der Waals surface area contributed by atoms with E-state index in [0.29, 0.717) is 6.42 Å². The third-order valence-corrected chi connectivity index (χ3v) is 5.18. The highest BCUT2D eigenvalue weighted by molar-refractivity contribution is 5.29. The van der Waals surface area contributed by atoms with Crippen LogP contribution in [0.25, 0.3) is 0 Å². The van der Waals surface area contributed by atoms with Crippen LogP contribution in [0.3, 0.4) is 0 Å². The average molecular weight is 395 g/mol. The van der Waals surface area contributed by atoms with E-state index in [1.807, 2.05) is 6.92 Å². The Hall–Kier alpha value is -2.00. The zero-order valence-corrected chi connectivity index (χ0v) is 19.5. The van der Waals surface area contributed by atoms with E-state index in [9.17, 15) is 5.11 Å². The molecule has 2 unspecified atom stereocenters. The SMILES string of the molecule is CC(Cc1ccc(C(C)(C)C)cc1)/N=N/C(C)(O)Cc1ccc(C(C)(C)C)cc1. The number of hydrogen-bond donors (Lipinski definition) is 1. The maximum absolute atomic E-state index is 10.7. The van der Waals surface area contributed by atoms with Gasteiger partial charge in [-0.15, -0.1) is 0 Å². The van der Waals surface area contributed by atoms with Crippen LogP contribution in [0.2, 0.25) is 0 Å². The zero-order chi connectivity index (χ0) is 21.9. The third-order valence-electron chi connectivity index (χ3n) is 5.18. The van der Waals surface area contributed by atoms with Gasteiger partial charge in [0, 0.05) is 6.42 Å². The molecule has 2 aromatic carbocycles. The monoisotopic (exact) mass is 394 g/mol. The van der Waals surface area contributed by atoms with E-state index in [1.54, 1.807) is 6.92 Å². The fourth-order valence-corrected chi connectivity index (χ4v) is 3.29. The van der Waals surface area contributed by atoms with Crippen LogP contribution in [0, 0.1) is 0 Å². The summed E-state index contributed by atoms with van der Waals surface area (Å²) < 4.78 is 0. The molecule has 0 radical (unpaired) electrons. The highest BCUT2D eigenvalue weighted by Crippen LogP contribution is 2.25. The van der Waals surface area contributed by atoms with Crippen LogP contribution in [0.15, 0.2) is 58.8 Å². The Kier molecular flexibility index (Phi) is 7.06. The van der Waals surface area contributed by atoms with Gasteiger partial charge in [0.1, 0.15) is 0 Å². The van der Waals surface area contributed by atoms with Crippen molar-refractivity contribution < 1.29 is 5.11 Å². The molecule has 0 aliphatic rings. The van der Waals surface area contributed by atoms with Crippen LogP contribution >= 0.6 is 0 Å². The zero-order valence-electron chi connectivity index (χ0n) is 19.5. The summed E-state index contributed by atoms with van der Waals surface area (Å²) in [4.78, 5) is 0. The molecular formula is C26H38N2O. The molecule has 158 valence electrons. The molecule has 2 aromatic rings. The molecule has 0 saturated carbocycles. The van der Waals surface area contributed by atoms with Crippen molar-refractivity contribution >= 4 is 0 Å². The molecule has 0 aromatic heterocycles. The highest BCUT2D eigenvalue weighted by atomic mass is 16.3. The Morgan fingerprint density at radius 1 is 0.724 bits per heavy atom. The first kappa shape index (κ1) is 23.3. The highest BCUT2D eigenvalue weighted by Gasteiger charge is 2.21. The van der Waals surface area contributed by atoms with Gasteiger partial charge in [-0.2, -0.15) is 10.2 Å². The van der Waals surface area contributed by atoms with Gasteiger partial charge in [0.2, 0.25) is 0 Å². The summed E-state index contributed by atoms with van der Waals surface area (Å²) in [6.45, 7) is 17.0. The second kappa shape index (κ2) is 8.79. The van der Waals surface area contributed by atoms with Crippen molar-refractivity contribution in [3.63, 3.8) is 0 Å². The van der Waals surface area contributed by atoms with Gasteiger partial charge in [0.05, 0.1) is 6.04 Å². The number of rotatable bonds is 6. The van der Waals surface area contributed by atoms with E-state index in [4.69, 9.17) is 0 Å². The second-order valence-corrected chi connectivity index (χ2v) is 10.6. The van der Waals surface area contributed by atoms with Crippen LogP contribution in [0.4, 0.5) is 0 Å². The van der Waals surface area contributed by atoms with Gasteiger partial charge < -0.3 is 5.11 Å². The first-order chi connectivity index (χ1) is 13.3. The van der Waals surface area contributed by atoms with Gasteiger partial charge in [0.15, 0.2) is 5.72 Å². The lowest BCUT2D eigenvalue weighted by Crippen LogP contribution is -2.24.